The van der Waals surface area contributed by atoms with Gasteiger partial charge in [0.15, 0.2) is 6.61 Å². The average Bonchev–Trinajstić information content (AvgIpc) is 2.66. The van der Waals surface area contributed by atoms with Crippen molar-refractivity contribution in [3.63, 3.8) is 0 Å². The summed E-state index contributed by atoms with van der Waals surface area (Å²) in [5.74, 6) is -2.01. The van der Waals surface area contributed by atoms with E-state index in [1.165, 1.54) is 36.4 Å². The largest absolute Gasteiger partial charge is 0.482 e. The Balaban J connectivity index is 2.12. The Morgan fingerprint density at radius 2 is 1.83 bits per heavy atom. The first kappa shape index (κ1) is 20.7. The minimum absolute atomic E-state index is 0.0278. The van der Waals surface area contributed by atoms with Crippen LogP contribution in [0.5, 0.6) is 5.75 Å². The van der Waals surface area contributed by atoms with Crippen molar-refractivity contribution in [3.05, 3.63) is 63.5 Å². The number of halogens is 4. The Labute approximate surface area is 167 Å². The third-order valence-corrected chi connectivity index (χ3v) is 4.17. The summed E-state index contributed by atoms with van der Waals surface area (Å²) in [5.41, 5.74) is -1.75. The van der Waals surface area contributed by atoms with Crippen molar-refractivity contribution in [3.8, 4) is 16.9 Å². The van der Waals surface area contributed by atoms with Crippen LogP contribution in [0.4, 0.5) is 13.2 Å². The maximum Gasteiger partial charge on any atom is 0.450 e. The number of alkyl halides is 3. The topological polar surface area (TPSA) is 65.7 Å². The summed E-state index contributed by atoms with van der Waals surface area (Å²) in [6, 6.07) is 9.15. The molecule has 0 N–H and O–H groups in total. The standard InChI is InChI=1S/C20H14ClF3O5/c1-2-27-16(25)10-28-13-7-8-14-15(9-13)29-19(20(22,23)24)17(18(14)26)11-3-5-12(21)6-4-11/h3-9H,2,10H2,1H3. The summed E-state index contributed by atoms with van der Waals surface area (Å²) in [7, 11) is 0. The van der Waals surface area contributed by atoms with Gasteiger partial charge in [-0.1, -0.05) is 23.7 Å². The molecule has 5 nitrogen and oxygen atoms in total. The van der Waals surface area contributed by atoms with Crippen LogP contribution in [-0.2, 0) is 15.7 Å². The zero-order valence-electron chi connectivity index (χ0n) is 15.0. The molecule has 0 saturated carbocycles. The SMILES string of the molecule is CCOC(=O)COc1ccc2c(=O)c(-c3ccc(Cl)cc3)c(C(F)(F)F)oc2c1. The van der Waals surface area contributed by atoms with E-state index in [1.54, 1.807) is 6.92 Å². The zero-order chi connectivity index (χ0) is 21.2. The minimum Gasteiger partial charge on any atom is -0.482 e. The van der Waals surface area contributed by atoms with Gasteiger partial charge in [-0.2, -0.15) is 13.2 Å². The van der Waals surface area contributed by atoms with Crippen LogP contribution >= 0.6 is 11.6 Å². The van der Waals surface area contributed by atoms with E-state index in [0.29, 0.717) is 5.02 Å². The number of benzene rings is 2. The van der Waals surface area contributed by atoms with Gasteiger partial charge in [-0.15, -0.1) is 0 Å². The quantitative estimate of drug-likeness (QED) is 0.533. The van der Waals surface area contributed by atoms with Gasteiger partial charge in [-0.05, 0) is 36.8 Å². The second kappa shape index (κ2) is 8.16. The van der Waals surface area contributed by atoms with Crippen LogP contribution < -0.4 is 10.2 Å². The fraction of sp³-hybridized carbons (Fsp3) is 0.200. The fourth-order valence-corrected chi connectivity index (χ4v) is 2.81. The Morgan fingerprint density at radius 3 is 2.45 bits per heavy atom. The van der Waals surface area contributed by atoms with Crippen LogP contribution in [0, 0.1) is 0 Å². The van der Waals surface area contributed by atoms with Gasteiger partial charge in [-0.3, -0.25) is 4.79 Å². The predicted molar refractivity (Wildman–Crippen MR) is 100 cm³/mol. The van der Waals surface area contributed by atoms with E-state index in [4.69, 9.17) is 25.5 Å². The highest BCUT2D eigenvalue weighted by Gasteiger charge is 2.39. The normalized spacial score (nSPS) is 11.5. The second-order valence-electron chi connectivity index (χ2n) is 5.89. The van der Waals surface area contributed by atoms with Crippen LogP contribution in [-0.4, -0.2) is 19.2 Å². The zero-order valence-corrected chi connectivity index (χ0v) is 15.8. The van der Waals surface area contributed by atoms with E-state index in [2.05, 4.69) is 0 Å². The first-order valence-corrected chi connectivity index (χ1v) is 8.81. The summed E-state index contributed by atoms with van der Waals surface area (Å²) in [6.07, 6.45) is -4.91. The molecule has 152 valence electrons. The molecule has 0 fully saturated rings. The summed E-state index contributed by atoms with van der Waals surface area (Å²) in [4.78, 5) is 24.2. The fourth-order valence-electron chi connectivity index (χ4n) is 2.69. The highest BCUT2D eigenvalue weighted by molar-refractivity contribution is 6.30. The molecule has 2 aromatic carbocycles. The summed E-state index contributed by atoms with van der Waals surface area (Å²) in [6.45, 7) is 1.36. The lowest BCUT2D eigenvalue weighted by atomic mass is 10.0. The molecule has 0 amide bonds. The Hall–Kier alpha value is -3.00. The Morgan fingerprint density at radius 1 is 1.14 bits per heavy atom. The monoisotopic (exact) mass is 426 g/mol. The molecule has 0 saturated heterocycles. The van der Waals surface area contributed by atoms with E-state index in [0.717, 1.165) is 6.07 Å². The third-order valence-electron chi connectivity index (χ3n) is 3.92. The molecule has 3 aromatic rings. The highest BCUT2D eigenvalue weighted by Crippen LogP contribution is 2.38. The first-order chi connectivity index (χ1) is 13.7. The van der Waals surface area contributed by atoms with Gasteiger partial charge in [-0.25, -0.2) is 4.79 Å². The Kier molecular flexibility index (Phi) is 5.83. The number of rotatable bonds is 5. The molecule has 3 rings (SSSR count). The maximum absolute atomic E-state index is 13.6. The predicted octanol–water partition coefficient (Wildman–Crippen LogP) is 5.07. The molecule has 0 aliphatic heterocycles. The third kappa shape index (κ3) is 4.54. The van der Waals surface area contributed by atoms with Gasteiger partial charge < -0.3 is 13.9 Å². The number of fused-ring (bicyclic) bond motifs is 1. The van der Waals surface area contributed by atoms with Crippen LogP contribution in [0.25, 0.3) is 22.1 Å². The molecule has 0 aliphatic carbocycles. The minimum atomic E-state index is -4.91. The van der Waals surface area contributed by atoms with Crippen molar-refractivity contribution in [1.29, 1.82) is 0 Å². The number of hydrogen-bond donors (Lipinski definition) is 0. The summed E-state index contributed by atoms with van der Waals surface area (Å²) in [5, 5.41) is 0.252. The molecule has 1 heterocycles. The van der Waals surface area contributed by atoms with Gasteiger partial charge in [0.05, 0.1) is 17.6 Å². The van der Waals surface area contributed by atoms with E-state index in [-0.39, 0.29) is 28.9 Å². The van der Waals surface area contributed by atoms with Gasteiger partial charge in [0.1, 0.15) is 11.3 Å². The van der Waals surface area contributed by atoms with Crippen LogP contribution in [0.2, 0.25) is 5.02 Å². The maximum atomic E-state index is 13.6. The van der Waals surface area contributed by atoms with Crippen molar-refractivity contribution in [1.82, 2.24) is 0 Å². The number of ether oxygens (including phenoxy) is 2. The molecule has 0 radical (unpaired) electrons. The molecule has 0 bridgehead atoms. The van der Waals surface area contributed by atoms with Crippen molar-refractivity contribution in [2.45, 2.75) is 13.1 Å². The first-order valence-electron chi connectivity index (χ1n) is 8.43. The highest BCUT2D eigenvalue weighted by atomic mass is 35.5. The summed E-state index contributed by atoms with van der Waals surface area (Å²) < 4.78 is 55.8. The van der Waals surface area contributed by atoms with Crippen molar-refractivity contribution >= 4 is 28.5 Å². The summed E-state index contributed by atoms with van der Waals surface area (Å²) >= 11 is 5.78. The smallest absolute Gasteiger partial charge is 0.450 e. The lowest BCUT2D eigenvalue weighted by Gasteiger charge is -2.13. The Bertz CT molecular complexity index is 1100. The van der Waals surface area contributed by atoms with E-state index in [1.807, 2.05) is 0 Å². The molecule has 29 heavy (non-hydrogen) atoms. The molecule has 1 aromatic heterocycles. The van der Waals surface area contributed by atoms with Gasteiger partial charge in [0.2, 0.25) is 11.2 Å². The number of carbonyl (C=O) groups is 1. The van der Waals surface area contributed by atoms with Gasteiger partial charge in [0, 0.05) is 11.1 Å². The van der Waals surface area contributed by atoms with Crippen LogP contribution in [0.15, 0.2) is 51.7 Å². The lowest BCUT2D eigenvalue weighted by Crippen LogP contribution is -2.16. The van der Waals surface area contributed by atoms with Gasteiger partial charge in [0.25, 0.3) is 0 Å². The number of hydrogen-bond acceptors (Lipinski definition) is 5. The molecule has 0 atom stereocenters. The number of carbonyl (C=O) groups excluding carboxylic acids is 1. The van der Waals surface area contributed by atoms with E-state index in [9.17, 15) is 22.8 Å². The number of esters is 1. The second-order valence-corrected chi connectivity index (χ2v) is 6.33. The van der Waals surface area contributed by atoms with Crippen molar-refractivity contribution in [2.24, 2.45) is 0 Å². The molecule has 0 spiro atoms. The molecule has 9 heteroatoms. The average molecular weight is 427 g/mol. The molecule has 0 aliphatic rings. The van der Waals surface area contributed by atoms with E-state index < -0.39 is 35.5 Å². The van der Waals surface area contributed by atoms with Crippen molar-refractivity contribution < 1.29 is 31.9 Å². The van der Waals surface area contributed by atoms with Crippen molar-refractivity contribution in [2.75, 3.05) is 13.2 Å². The van der Waals surface area contributed by atoms with E-state index >= 15 is 0 Å². The van der Waals surface area contributed by atoms with Crippen LogP contribution in [0.3, 0.4) is 0 Å². The van der Waals surface area contributed by atoms with Gasteiger partial charge >= 0.3 is 12.1 Å². The molecule has 0 unspecified atom stereocenters. The molecular weight excluding hydrogens is 413 g/mol. The van der Waals surface area contributed by atoms with Crippen LogP contribution in [0.1, 0.15) is 12.7 Å². The lowest BCUT2D eigenvalue weighted by molar-refractivity contribution is -0.152. The molecular formula is C20H14ClF3O5.